The first kappa shape index (κ1) is 10.3. The highest BCUT2D eigenvalue weighted by molar-refractivity contribution is 6.30. The molecule has 0 saturated carbocycles. The summed E-state index contributed by atoms with van der Waals surface area (Å²) < 4.78 is 0. The van der Waals surface area contributed by atoms with Crippen molar-refractivity contribution in [2.24, 2.45) is 5.73 Å². The van der Waals surface area contributed by atoms with Gasteiger partial charge in [0, 0.05) is 11.1 Å². The predicted octanol–water partition coefficient (Wildman–Crippen LogP) is 3.39. The van der Waals surface area contributed by atoms with Crippen molar-refractivity contribution in [1.82, 2.24) is 0 Å². The summed E-state index contributed by atoms with van der Waals surface area (Å²) in [5.74, 6) is 0. The zero-order chi connectivity index (χ0) is 10.0. The third-order valence-electron chi connectivity index (χ3n) is 1.94. The molecule has 1 nitrogen and oxygen atoms in total. The van der Waals surface area contributed by atoms with E-state index in [9.17, 15) is 0 Å². The summed E-state index contributed by atoms with van der Waals surface area (Å²) in [4.78, 5) is 0. The van der Waals surface area contributed by atoms with E-state index in [2.05, 4.69) is 6.58 Å². The Hall–Kier alpha value is -0.790. The fraction of sp³-hybridized carbons (Fsp3) is 0.273. The molecule has 0 saturated heterocycles. The average Bonchev–Trinajstić information content (AvgIpc) is 2.03. The molecule has 0 amide bonds. The summed E-state index contributed by atoms with van der Waals surface area (Å²) in [5.41, 5.74) is 8.87. The monoisotopic (exact) mass is 195 g/mol. The van der Waals surface area contributed by atoms with E-state index in [1.165, 1.54) is 0 Å². The van der Waals surface area contributed by atoms with Gasteiger partial charge in [0.2, 0.25) is 0 Å². The van der Waals surface area contributed by atoms with Crippen LogP contribution in [0.25, 0.3) is 5.57 Å². The number of hydrogen-bond acceptors (Lipinski definition) is 1. The number of nitrogens with two attached hydrogens (primary N) is 1. The first-order valence-corrected chi connectivity index (χ1v) is 4.60. The van der Waals surface area contributed by atoms with Gasteiger partial charge in [-0.05, 0) is 43.2 Å². The molecule has 13 heavy (non-hydrogen) atoms. The Balaban J connectivity index is 3.19. The Kier molecular flexibility index (Phi) is 3.12. The molecule has 0 fully saturated rings. The van der Waals surface area contributed by atoms with Crippen molar-refractivity contribution >= 4 is 17.2 Å². The van der Waals surface area contributed by atoms with Crippen molar-refractivity contribution in [1.29, 1.82) is 0 Å². The van der Waals surface area contributed by atoms with Crippen molar-refractivity contribution in [2.45, 2.75) is 19.9 Å². The number of allylic oxidation sites excluding steroid dienone is 1. The fourth-order valence-corrected chi connectivity index (χ4v) is 1.37. The molecule has 0 aliphatic rings. The Morgan fingerprint density at radius 3 is 2.54 bits per heavy atom. The van der Waals surface area contributed by atoms with Crippen LogP contribution in [-0.4, -0.2) is 0 Å². The van der Waals surface area contributed by atoms with E-state index in [1.807, 2.05) is 32.0 Å². The molecule has 1 rings (SSSR count). The van der Waals surface area contributed by atoms with E-state index in [0.29, 0.717) is 5.02 Å². The average molecular weight is 196 g/mol. The minimum Gasteiger partial charge on any atom is -0.324 e. The second-order valence-corrected chi connectivity index (χ2v) is 3.78. The van der Waals surface area contributed by atoms with E-state index in [-0.39, 0.29) is 6.04 Å². The summed E-state index contributed by atoms with van der Waals surface area (Å²) in [6, 6.07) is 5.82. The summed E-state index contributed by atoms with van der Waals surface area (Å²) in [5, 5.41) is 0.716. The van der Waals surface area contributed by atoms with Crippen molar-refractivity contribution in [3.05, 3.63) is 40.9 Å². The number of hydrogen-bond donors (Lipinski definition) is 1. The molecule has 1 aromatic rings. The van der Waals surface area contributed by atoms with Gasteiger partial charge in [-0.15, -0.1) is 0 Å². The van der Waals surface area contributed by atoms with Crippen LogP contribution >= 0.6 is 11.6 Å². The van der Waals surface area contributed by atoms with E-state index >= 15 is 0 Å². The number of benzene rings is 1. The van der Waals surface area contributed by atoms with Crippen LogP contribution in [0.4, 0.5) is 0 Å². The molecule has 1 atom stereocenters. The molecule has 1 unspecified atom stereocenters. The van der Waals surface area contributed by atoms with Gasteiger partial charge in [-0.2, -0.15) is 0 Å². The molecule has 0 heterocycles. The van der Waals surface area contributed by atoms with Crippen LogP contribution in [0, 0.1) is 0 Å². The number of halogens is 1. The Labute approximate surface area is 84.2 Å². The van der Waals surface area contributed by atoms with Crippen molar-refractivity contribution in [3.8, 4) is 0 Å². The summed E-state index contributed by atoms with van der Waals surface area (Å²) in [6.07, 6.45) is 0. The molecule has 1 aromatic carbocycles. The molecule has 0 aliphatic carbocycles. The highest BCUT2D eigenvalue weighted by Gasteiger charge is 2.03. The summed E-state index contributed by atoms with van der Waals surface area (Å²) >= 11 is 5.94. The standard InChI is InChI=1S/C11H14ClN/c1-7(2)9-4-10(8(3)13)6-11(12)5-9/h4-6,8H,1,13H2,2-3H3. The van der Waals surface area contributed by atoms with E-state index in [1.54, 1.807) is 0 Å². The molecular formula is C11H14ClN. The molecule has 0 spiro atoms. The van der Waals surface area contributed by atoms with Crippen LogP contribution < -0.4 is 5.73 Å². The third kappa shape index (κ3) is 2.58. The Morgan fingerprint density at radius 2 is 2.08 bits per heavy atom. The molecule has 2 heteroatoms. The second-order valence-electron chi connectivity index (χ2n) is 3.34. The summed E-state index contributed by atoms with van der Waals surface area (Å²) in [7, 11) is 0. The van der Waals surface area contributed by atoms with Crippen LogP contribution in [0.5, 0.6) is 0 Å². The minimum absolute atomic E-state index is 0.0109. The zero-order valence-electron chi connectivity index (χ0n) is 7.97. The van der Waals surface area contributed by atoms with Crippen molar-refractivity contribution in [2.75, 3.05) is 0 Å². The molecule has 70 valence electrons. The lowest BCUT2D eigenvalue weighted by Crippen LogP contribution is -2.05. The zero-order valence-corrected chi connectivity index (χ0v) is 8.73. The van der Waals surface area contributed by atoms with Crippen molar-refractivity contribution < 1.29 is 0 Å². The normalized spacial score (nSPS) is 12.6. The number of rotatable bonds is 2. The third-order valence-corrected chi connectivity index (χ3v) is 2.16. The molecule has 2 N–H and O–H groups in total. The van der Waals surface area contributed by atoms with Gasteiger partial charge in [0.1, 0.15) is 0 Å². The quantitative estimate of drug-likeness (QED) is 0.769. The topological polar surface area (TPSA) is 26.0 Å². The molecule has 0 radical (unpaired) electrons. The smallest absolute Gasteiger partial charge is 0.0415 e. The maximum Gasteiger partial charge on any atom is 0.0415 e. The van der Waals surface area contributed by atoms with Crippen LogP contribution in [0.3, 0.4) is 0 Å². The van der Waals surface area contributed by atoms with Gasteiger partial charge in [-0.3, -0.25) is 0 Å². The molecule has 0 aliphatic heterocycles. The highest BCUT2D eigenvalue weighted by atomic mass is 35.5. The Bertz CT molecular complexity index is 329. The Morgan fingerprint density at radius 1 is 1.46 bits per heavy atom. The largest absolute Gasteiger partial charge is 0.324 e. The minimum atomic E-state index is 0.0109. The van der Waals surface area contributed by atoms with Crippen LogP contribution in [0.15, 0.2) is 24.8 Å². The van der Waals surface area contributed by atoms with E-state index < -0.39 is 0 Å². The summed E-state index contributed by atoms with van der Waals surface area (Å²) in [6.45, 7) is 7.76. The second kappa shape index (κ2) is 3.95. The predicted molar refractivity (Wildman–Crippen MR) is 58.8 cm³/mol. The maximum absolute atomic E-state index is 5.94. The van der Waals surface area contributed by atoms with Gasteiger partial charge in [0.05, 0.1) is 0 Å². The van der Waals surface area contributed by atoms with Gasteiger partial charge < -0.3 is 5.73 Å². The lowest BCUT2D eigenvalue weighted by Gasteiger charge is -2.09. The molecular weight excluding hydrogens is 182 g/mol. The van der Waals surface area contributed by atoms with Gasteiger partial charge in [-0.1, -0.05) is 23.8 Å². The maximum atomic E-state index is 5.94. The first-order valence-electron chi connectivity index (χ1n) is 4.22. The van der Waals surface area contributed by atoms with Gasteiger partial charge >= 0.3 is 0 Å². The van der Waals surface area contributed by atoms with E-state index in [4.69, 9.17) is 17.3 Å². The van der Waals surface area contributed by atoms with Crippen LogP contribution in [0.1, 0.15) is 31.0 Å². The van der Waals surface area contributed by atoms with Crippen molar-refractivity contribution in [3.63, 3.8) is 0 Å². The van der Waals surface area contributed by atoms with Gasteiger partial charge in [0.25, 0.3) is 0 Å². The van der Waals surface area contributed by atoms with Gasteiger partial charge in [0.15, 0.2) is 0 Å². The fourth-order valence-electron chi connectivity index (χ4n) is 1.12. The highest BCUT2D eigenvalue weighted by Crippen LogP contribution is 2.22. The lowest BCUT2D eigenvalue weighted by molar-refractivity contribution is 0.818. The SMILES string of the molecule is C=C(C)c1cc(Cl)cc(C(C)N)c1. The molecule has 0 bridgehead atoms. The first-order chi connectivity index (χ1) is 6.00. The van der Waals surface area contributed by atoms with Crippen LogP contribution in [-0.2, 0) is 0 Å². The molecule has 0 aromatic heterocycles. The van der Waals surface area contributed by atoms with Crippen LogP contribution in [0.2, 0.25) is 5.02 Å². The van der Waals surface area contributed by atoms with E-state index in [0.717, 1.165) is 16.7 Å². The van der Waals surface area contributed by atoms with Gasteiger partial charge in [-0.25, -0.2) is 0 Å². The lowest BCUT2D eigenvalue weighted by atomic mass is 10.0.